The Bertz CT molecular complexity index is 954. The number of carbonyl (C=O) groups is 1. The van der Waals surface area contributed by atoms with Gasteiger partial charge in [0.15, 0.2) is 0 Å². The fraction of sp³-hybridized carbons (Fsp3) is 0.292. The number of nitrogens with zero attached hydrogens (tertiary/aromatic N) is 3. The van der Waals surface area contributed by atoms with Crippen LogP contribution in [0.2, 0.25) is 0 Å². The minimum absolute atomic E-state index is 0.165. The van der Waals surface area contributed by atoms with Gasteiger partial charge in [0.1, 0.15) is 12.4 Å². The number of hydrogen-bond donors (Lipinski definition) is 1. The second-order valence-electron chi connectivity index (χ2n) is 7.41. The number of nitrogens with one attached hydrogen (secondary N) is 1. The van der Waals surface area contributed by atoms with Crippen molar-refractivity contribution in [1.82, 2.24) is 15.3 Å². The Morgan fingerprint density at radius 1 is 0.967 bits per heavy atom. The Morgan fingerprint density at radius 2 is 1.80 bits per heavy atom. The highest BCUT2D eigenvalue weighted by molar-refractivity contribution is 5.94. The Morgan fingerprint density at radius 3 is 2.57 bits per heavy atom. The molecule has 0 radical (unpaired) electrons. The number of pyridine rings is 2. The summed E-state index contributed by atoms with van der Waals surface area (Å²) in [7, 11) is 0. The van der Waals surface area contributed by atoms with Crippen molar-refractivity contribution in [3.8, 4) is 5.88 Å². The number of aromatic nitrogens is 2. The third kappa shape index (κ3) is 5.35. The lowest BCUT2D eigenvalue weighted by atomic mass is 10.1. The van der Waals surface area contributed by atoms with Gasteiger partial charge in [-0.2, -0.15) is 0 Å². The maximum Gasteiger partial charge on any atom is 0.251 e. The van der Waals surface area contributed by atoms with Gasteiger partial charge in [-0.3, -0.25) is 4.79 Å². The van der Waals surface area contributed by atoms with Crippen LogP contribution in [0.5, 0.6) is 5.88 Å². The van der Waals surface area contributed by atoms with E-state index in [1.165, 1.54) is 19.3 Å². The summed E-state index contributed by atoms with van der Waals surface area (Å²) in [4.78, 5) is 23.6. The van der Waals surface area contributed by atoms with E-state index in [0.29, 0.717) is 24.6 Å². The highest BCUT2D eigenvalue weighted by Crippen LogP contribution is 2.17. The summed E-state index contributed by atoms with van der Waals surface area (Å²) in [5.41, 5.74) is 2.54. The second kappa shape index (κ2) is 9.87. The molecule has 6 heteroatoms. The lowest BCUT2D eigenvalue weighted by Gasteiger charge is -2.27. The molecule has 3 heterocycles. The van der Waals surface area contributed by atoms with Gasteiger partial charge in [0.05, 0.1) is 0 Å². The van der Waals surface area contributed by atoms with Gasteiger partial charge in [-0.15, -0.1) is 0 Å². The summed E-state index contributed by atoms with van der Waals surface area (Å²) >= 11 is 0. The third-order valence-corrected chi connectivity index (χ3v) is 5.17. The molecule has 0 bridgehead atoms. The van der Waals surface area contributed by atoms with Crippen molar-refractivity contribution in [2.45, 2.75) is 32.4 Å². The molecule has 0 unspecified atom stereocenters. The number of piperidine rings is 1. The smallest absolute Gasteiger partial charge is 0.251 e. The van der Waals surface area contributed by atoms with Crippen LogP contribution in [-0.2, 0) is 13.2 Å². The van der Waals surface area contributed by atoms with Crippen LogP contribution >= 0.6 is 0 Å². The first-order valence-corrected chi connectivity index (χ1v) is 10.4. The first kappa shape index (κ1) is 19.9. The normalized spacial score (nSPS) is 13.7. The van der Waals surface area contributed by atoms with Gasteiger partial charge in [-0.25, -0.2) is 9.97 Å². The molecule has 154 valence electrons. The number of rotatable bonds is 7. The summed E-state index contributed by atoms with van der Waals surface area (Å²) in [6.45, 7) is 2.97. The molecule has 1 aromatic carbocycles. The van der Waals surface area contributed by atoms with Gasteiger partial charge in [0.2, 0.25) is 5.88 Å². The fourth-order valence-electron chi connectivity index (χ4n) is 3.48. The molecular formula is C24H26N4O2. The lowest BCUT2D eigenvalue weighted by Crippen LogP contribution is -2.30. The van der Waals surface area contributed by atoms with Gasteiger partial charge >= 0.3 is 0 Å². The minimum atomic E-state index is -0.165. The first-order valence-electron chi connectivity index (χ1n) is 10.4. The Kier molecular flexibility index (Phi) is 6.54. The van der Waals surface area contributed by atoms with E-state index in [1.807, 2.05) is 48.7 Å². The molecule has 6 nitrogen and oxygen atoms in total. The standard InChI is InChI=1S/C24H26N4O2/c29-24(21-11-12-25-23(15-21)30-18-19-7-3-1-4-8-19)27-17-20-9-10-22(26-16-20)28-13-5-2-6-14-28/h1,3-4,7-12,15-16H,2,5-6,13-14,17-18H2,(H,27,29). The van der Waals surface area contributed by atoms with E-state index in [0.717, 1.165) is 30.0 Å². The van der Waals surface area contributed by atoms with Crippen LogP contribution < -0.4 is 15.0 Å². The largest absolute Gasteiger partial charge is 0.473 e. The van der Waals surface area contributed by atoms with Gasteiger partial charge in [0, 0.05) is 43.7 Å². The van der Waals surface area contributed by atoms with Crippen LogP contribution in [0.15, 0.2) is 67.0 Å². The van der Waals surface area contributed by atoms with E-state index in [9.17, 15) is 4.79 Å². The maximum atomic E-state index is 12.5. The van der Waals surface area contributed by atoms with E-state index in [-0.39, 0.29) is 5.91 Å². The van der Waals surface area contributed by atoms with Crippen LogP contribution in [0.25, 0.3) is 0 Å². The summed E-state index contributed by atoms with van der Waals surface area (Å²) < 4.78 is 5.71. The summed E-state index contributed by atoms with van der Waals surface area (Å²) in [6, 6.07) is 17.3. The average molecular weight is 402 g/mol. The maximum absolute atomic E-state index is 12.5. The number of hydrogen-bond acceptors (Lipinski definition) is 5. The third-order valence-electron chi connectivity index (χ3n) is 5.17. The molecule has 1 aliphatic rings. The number of amides is 1. The second-order valence-corrected chi connectivity index (χ2v) is 7.41. The van der Waals surface area contributed by atoms with Crippen LogP contribution in [0.4, 0.5) is 5.82 Å². The Balaban J connectivity index is 1.30. The predicted octanol–water partition coefficient (Wildman–Crippen LogP) is 3.98. The van der Waals surface area contributed by atoms with Crippen LogP contribution in [0, 0.1) is 0 Å². The quantitative estimate of drug-likeness (QED) is 0.648. The first-order chi connectivity index (χ1) is 14.8. The molecule has 1 aliphatic heterocycles. The van der Waals surface area contributed by atoms with Crippen LogP contribution in [-0.4, -0.2) is 29.0 Å². The van der Waals surface area contributed by atoms with Crippen molar-refractivity contribution in [2.75, 3.05) is 18.0 Å². The van der Waals surface area contributed by atoms with E-state index in [1.54, 1.807) is 18.3 Å². The molecule has 1 saturated heterocycles. The molecule has 4 rings (SSSR count). The summed E-state index contributed by atoms with van der Waals surface area (Å²) in [6.07, 6.45) is 7.18. The summed E-state index contributed by atoms with van der Waals surface area (Å²) in [5, 5.41) is 2.94. The molecule has 0 aliphatic carbocycles. The molecule has 30 heavy (non-hydrogen) atoms. The monoisotopic (exact) mass is 402 g/mol. The van der Waals surface area contributed by atoms with Gasteiger partial charge in [-0.1, -0.05) is 36.4 Å². The molecule has 1 fully saturated rings. The van der Waals surface area contributed by atoms with E-state index in [4.69, 9.17) is 4.74 Å². The Hall–Kier alpha value is -3.41. The lowest BCUT2D eigenvalue weighted by molar-refractivity contribution is 0.0950. The van der Waals surface area contributed by atoms with Crippen LogP contribution in [0.3, 0.4) is 0 Å². The van der Waals surface area contributed by atoms with Gasteiger partial charge < -0.3 is 15.0 Å². The zero-order valence-corrected chi connectivity index (χ0v) is 17.0. The predicted molar refractivity (Wildman–Crippen MR) is 116 cm³/mol. The molecular weight excluding hydrogens is 376 g/mol. The van der Waals surface area contributed by atoms with Crippen molar-refractivity contribution in [3.05, 3.63) is 83.7 Å². The van der Waals surface area contributed by atoms with E-state index < -0.39 is 0 Å². The minimum Gasteiger partial charge on any atom is -0.473 e. The highest BCUT2D eigenvalue weighted by Gasteiger charge is 2.12. The highest BCUT2D eigenvalue weighted by atomic mass is 16.5. The molecule has 1 N–H and O–H groups in total. The van der Waals surface area contributed by atoms with Gasteiger partial charge in [-0.05, 0) is 42.5 Å². The fourth-order valence-corrected chi connectivity index (χ4v) is 3.48. The van der Waals surface area contributed by atoms with Crippen LogP contribution in [0.1, 0.15) is 40.7 Å². The zero-order valence-electron chi connectivity index (χ0n) is 17.0. The molecule has 3 aromatic rings. The number of ether oxygens (including phenoxy) is 1. The summed E-state index contributed by atoms with van der Waals surface area (Å²) in [5.74, 6) is 1.28. The van der Waals surface area contributed by atoms with Gasteiger partial charge in [0.25, 0.3) is 5.91 Å². The molecule has 1 amide bonds. The number of benzene rings is 1. The zero-order chi connectivity index (χ0) is 20.6. The molecule has 2 aromatic heterocycles. The number of carbonyl (C=O) groups excluding carboxylic acids is 1. The van der Waals surface area contributed by atoms with Crippen molar-refractivity contribution >= 4 is 11.7 Å². The number of anilines is 1. The van der Waals surface area contributed by atoms with E-state index in [2.05, 4.69) is 20.2 Å². The van der Waals surface area contributed by atoms with Crippen molar-refractivity contribution in [1.29, 1.82) is 0 Å². The van der Waals surface area contributed by atoms with Crippen molar-refractivity contribution in [2.24, 2.45) is 0 Å². The molecule has 0 atom stereocenters. The molecule has 0 saturated carbocycles. The van der Waals surface area contributed by atoms with E-state index >= 15 is 0 Å². The molecule has 0 spiro atoms. The average Bonchev–Trinajstić information content (AvgIpc) is 2.83. The van der Waals surface area contributed by atoms with Crippen molar-refractivity contribution < 1.29 is 9.53 Å². The topological polar surface area (TPSA) is 67.4 Å². The Labute approximate surface area is 176 Å². The van der Waals surface area contributed by atoms with Crippen molar-refractivity contribution in [3.63, 3.8) is 0 Å². The SMILES string of the molecule is O=C(NCc1ccc(N2CCCCC2)nc1)c1ccnc(OCc2ccccc2)c1.